The van der Waals surface area contributed by atoms with E-state index >= 15 is 0 Å². The minimum atomic E-state index is -0.00893. The number of rotatable bonds is 1. The molecule has 0 aliphatic carbocycles. The average molecular weight is 244 g/mol. The predicted octanol–water partition coefficient (Wildman–Crippen LogP) is 1.79. The van der Waals surface area contributed by atoms with Gasteiger partial charge in [0.1, 0.15) is 5.58 Å². The Bertz CT molecular complexity index is 582. The number of hydrogen-bond donors (Lipinski definition) is 1. The Kier molecular flexibility index (Phi) is 2.80. The first-order valence-corrected chi connectivity index (χ1v) is 6.24. The van der Waals surface area contributed by atoms with Gasteiger partial charge in [0.05, 0.1) is 0 Å². The Hall–Kier alpha value is -1.81. The lowest BCUT2D eigenvalue weighted by molar-refractivity contribution is 0.0706. The van der Waals surface area contributed by atoms with Crippen LogP contribution < -0.4 is 5.32 Å². The largest absolute Gasteiger partial charge is 0.451 e. The fourth-order valence-electron chi connectivity index (χ4n) is 2.27. The van der Waals surface area contributed by atoms with Gasteiger partial charge in [-0.2, -0.15) is 0 Å². The van der Waals surface area contributed by atoms with Gasteiger partial charge in [-0.05, 0) is 24.6 Å². The van der Waals surface area contributed by atoms with E-state index < -0.39 is 0 Å². The van der Waals surface area contributed by atoms with Gasteiger partial charge in [0, 0.05) is 31.6 Å². The number of nitrogens with one attached hydrogen (secondary N) is 1. The molecular weight excluding hydrogens is 228 g/mol. The van der Waals surface area contributed by atoms with Crippen LogP contribution in [0.25, 0.3) is 11.0 Å². The van der Waals surface area contributed by atoms with Gasteiger partial charge in [0.15, 0.2) is 5.76 Å². The van der Waals surface area contributed by atoms with E-state index in [-0.39, 0.29) is 5.91 Å². The number of piperazine rings is 1. The van der Waals surface area contributed by atoms with Gasteiger partial charge in [-0.25, -0.2) is 0 Å². The Balaban J connectivity index is 1.91. The number of benzene rings is 1. The highest BCUT2D eigenvalue weighted by molar-refractivity contribution is 5.96. The number of nitrogens with zero attached hydrogens (tertiary/aromatic N) is 1. The monoisotopic (exact) mass is 244 g/mol. The molecule has 1 aromatic heterocycles. The third-order valence-electron chi connectivity index (χ3n) is 3.29. The van der Waals surface area contributed by atoms with Crippen molar-refractivity contribution in [3.8, 4) is 0 Å². The molecule has 18 heavy (non-hydrogen) atoms. The lowest BCUT2D eigenvalue weighted by Gasteiger charge is -2.26. The number of carbonyl (C=O) groups is 1. The number of fused-ring (bicyclic) bond motifs is 1. The highest BCUT2D eigenvalue weighted by atomic mass is 16.3. The van der Waals surface area contributed by atoms with Crippen LogP contribution in [0.4, 0.5) is 0 Å². The molecule has 1 aliphatic heterocycles. The fraction of sp³-hybridized carbons (Fsp3) is 0.357. The number of hydrogen-bond acceptors (Lipinski definition) is 3. The van der Waals surface area contributed by atoms with Gasteiger partial charge in [0.25, 0.3) is 5.91 Å². The second-order valence-corrected chi connectivity index (χ2v) is 4.69. The van der Waals surface area contributed by atoms with Crippen molar-refractivity contribution in [3.63, 3.8) is 0 Å². The molecule has 0 atom stereocenters. The smallest absolute Gasteiger partial charge is 0.289 e. The van der Waals surface area contributed by atoms with Crippen molar-refractivity contribution < 1.29 is 9.21 Å². The number of carbonyl (C=O) groups excluding carboxylic acids is 1. The second kappa shape index (κ2) is 4.46. The first-order valence-electron chi connectivity index (χ1n) is 6.24. The summed E-state index contributed by atoms with van der Waals surface area (Å²) in [6.07, 6.45) is 0. The summed E-state index contributed by atoms with van der Waals surface area (Å²) in [5.74, 6) is 0.433. The molecule has 1 N–H and O–H groups in total. The van der Waals surface area contributed by atoms with Crippen molar-refractivity contribution in [1.82, 2.24) is 10.2 Å². The summed E-state index contributed by atoms with van der Waals surface area (Å²) in [6, 6.07) is 7.81. The third kappa shape index (κ3) is 1.99. The molecule has 4 nitrogen and oxygen atoms in total. The molecule has 1 saturated heterocycles. The van der Waals surface area contributed by atoms with Crippen LogP contribution in [0.15, 0.2) is 28.7 Å². The fourth-order valence-corrected chi connectivity index (χ4v) is 2.27. The Labute approximate surface area is 106 Å². The molecule has 0 bridgehead atoms. The van der Waals surface area contributed by atoms with Gasteiger partial charge in [-0.3, -0.25) is 4.79 Å². The van der Waals surface area contributed by atoms with Gasteiger partial charge < -0.3 is 14.6 Å². The van der Waals surface area contributed by atoms with E-state index in [9.17, 15) is 4.79 Å². The summed E-state index contributed by atoms with van der Waals surface area (Å²) in [6.45, 7) is 5.21. The average Bonchev–Trinajstić information content (AvgIpc) is 2.81. The van der Waals surface area contributed by atoms with Gasteiger partial charge >= 0.3 is 0 Å². The zero-order chi connectivity index (χ0) is 12.5. The van der Waals surface area contributed by atoms with Crippen LogP contribution >= 0.6 is 0 Å². The molecule has 0 unspecified atom stereocenters. The van der Waals surface area contributed by atoms with E-state index in [0.717, 1.165) is 42.7 Å². The zero-order valence-electron chi connectivity index (χ0n) is 10.4. The van der Waals surface area contributed by atoms with Crippen LogP contribution in [0.3, 0.4) is 0 Å². The molecule has 94 valence electrons. The predicted molar refractivity (Wildman–Crippen MR) is 69.7 cm³/mol. The molecule has 1 aromatic carbocycles. The van der Waals surface area contributed by atoms with Gasteiger partial charge in [-0.1, -0.05) is 12.1 Å². The molecule has 0 radical (unpaired) electrons. The van der Waals surface area contributed by atoms with Crippen LogP contribution in [0, 0.1) is 6.92 Å². The Morgan fingerprint density at radius 3 is 2.83 bits per heavy atom. The van der Waals surface area contributed by atoms with E-state index in [1.165, 1.54) is 0 Å². The summed E-state index contributed by atoms with van der Waals surface area (Å²) in [4.78, 5) is 14.1. The number of aryl methyl sites for hydroxylation is 1. The molecule has 1 aliphatic rings. The second-order valence-electron chi connectivity index (χ2n) is 4.69. The van der Waals surface area contributed by atoms with Crippen LogP contribution in [0.1, 0.15) is 16.1 Å². The van der Waals surface area contributed by atoms with E-state index in [0.29, 0.717) is 5.76 Å². The lowest BCUT2D eigenvalue weighted by Crippen LogP contribution is -2.46. The van der Waals surface area contributed by atoms with E-state index in [1.54, 1.807) is 0 Å². The van der Waals surface area contributed by atoms with Crippen LogP contribution in [-0.2, 0) is 0 Å². The first-order chi connectivity index (χ1) is 8.74. The molecule has 1 fully saturated rings. The number of amides is 1. The third-order valence-corrected chi connectivity index (χ3v) is 3.29. The highest BCUT2D eigenvalue weighted by Gasteiger charge is 2.21. The van der Waals surface area contributed by atoms with Crippen molar-refractivity contribution in [2.75, 3.05) is 26.2 Å². The Morgan fingerprint density at radius 1 is 1.28 bits per heavy atom. The quantitative estimate of drug-likeness (QED) is 0.831. The molecule has 0 saturated carbocycles. The van der Waals surface area contributed by atoms with Crippen molar-refractivity contribution in [2.24, 2.45) is 0 Å². The molecule has 2 heterocycles. The topological polar surface area (TPSA) is 45.5 Å². The molecule has 1 amide bonds. The molecular formula is C14H16N2O2. The van der Waals surface area contributed by atoms with Gasteiger partial charge in [0.2, 0.25) is 0 Å². The normalized spacial score (nSPS) is 16.2. The highest BCUT2D eigenvalue weighted by Crippen LogP contribution is 2.21. The minimum Gasteiger partial charge on any atom is -0.451 e. The maximum absolute atomic E-state index is 12.3. The van der Waals surface area contributed by atoms with Crippen molar-refractivity contribution in [1.29, 1.82) is 0 Å². The van der Waals surface area contributed by atoms with E-state index in [1.807, 2.05) is 36.1 Å². The lowest BCUT2D eigenvalue weighted by atomic mass is 10.2. The molecule has 0 spiro atoms. The van der Waals surface area contributed by atoms with E-state index in [4.69, 9.17) is 4.42 Å². The summed E-state index contributed by atoms with van der Waals surface area (Å²) in [5.41, 5.74) is 1.92. The van der Waals surface area contributed by atoms with Crippen LogP contribution in [0.5, 0.6) is 0 Å². The summed E-state index contributed by atoms with van der Waals surface area (Å²) < 4.78 is 5.65. The number of furan rings is 1. The molecule has 2 aromatic rings. The summed E-state index contributed by atoms with van der Waals surface area (Å²) in [5, 5.41) is 4.22. The molecule has 4 heteroatoms. The van der Waals surface area contributed by atoms with Crippen molar-refractivity contribution >= 4 is 16.9 Å². The van der Waals surface area contributed by atoms with Crippen LogP contribution in [0.2, 0.25) is 0 Å². The maximum atomic E-state index is 12.3. The minimum absolute atomic E-state index is 0.00893. The summed E-state index contributed by atoms with van der Waals surface area (Å²) in [7, 11) is 0. The van der Waals surface area contributed by atoms with Crippen LogP contribution in [-0.4, -0.2) is 37.0 Å². The maximum Gasteiger partial charge on any atom is 0.289 e. The van der Waals surface area contributed by atoms with Crippen molar-refractivity contribution in [2.45, 2.75) is 6.92 Å². The molecule has 3 rings (SSSR count). The van der Waals surface area contributed by atoms with E-state index in [2.05, 4.69) is 5.32 Å². The Morgan fingerprint density at radius 2 is 2.06 bits per heavy atom. The van der Waals surface area contributed by atoms with Gasteiger partial charge in [-0.15, -0.1) is 0 Å². The summed E-state index contributed by atoms with van der Waals surface area (Å²) >= 11 is 0. The van der Waals surface area contributed by atoms with Crippen molar-refractivity contribution in [3.05, 3.63) is 35.6 Å². The SMILES string of the molecule is Cc1ccc2cc(C(=O)N3CCNCC3)oc2c1. The standard InChI is InChI=1S/C14H16N2O2/c1-10-2-3-11-9-13(18-12(11)8-10)14(17)16-6-4-15-5-7-16/h2-3,8-9,15H,4-7H2,1H3. The first kappa shape index (κ1) is 11.3. The zero-order valence-corrected chi connectivity index (χ0v) is 10.4.